The van der Waals surface area contributed by atoms with Crippen molar-refractivity contribution in [2.24, 2.45) is 4.99 Å². The van der Waals surface area contributed by atoms with Gasteiger partial charge >= 0.3 is 47.8 Å². The zero-order chi connectivity index (χ0) is 44.4. The number of carbonyl (C=O) groups is 9. The van der Waals surface area contributed by atoms with E-state index in [2.05, 4.69) is 9.98 Å². The van der Waals surface area contributed by atoms with E-state index in [4.69, 9.17) is 47.4 Å². The Morgan fingerprint density at radius 2 is 1.07 bits per heavy atom. The Morgan fingerprint density at radius 3 is 1.53 bits per heavy atom. The highest BCUT2D eigenvalue weighted by molar-refractivity contribution is 8.14. The zero-order valence-electron chi connectivity index (χ0n) is 33.6. The fourth-order valence-electron chi connectivity index (χ4n) is 6.22. The van der Waals surface area contributed by atoms with Gasteiger partial charge in [-0.3, -0.25) is 53.0 Å². The van der Waals surface area contributed by atoms with Gasteiger partial charge in [-0.2, -0.15) is 0 Å². The maximum atomic E-state index is 14.6. The normalized spacial score (nSPS) is 28.1. The third kappa shape index (κ3) is 12.5. The molecule has 0 unspecified atom stereocenters. The molecular weight excluding hydrogens is 822 g/mol. The number of carbonyl (C=O) groups excluding carboxylic acids is 9. The Morgan fingerprint density at radius 1 is 0.617 bits per heavy atom. The van der Waals surface area contributed by atoms with Crippen molar-refractivity contribution >= 4 is 76.7 Å². The predicted molar refractivity (Wildman–Crippen MR) is 198 cm³/mol. The highest BCUT2D eigenvalue weighted by Gasteiger charge is 2.58. The van der Waals surface area contributed by atoms with Gasteiger partial charge in [0.2, 0.25) is 0 Å². The van der Waals surface area contributed by atoms with Gasteiger partial charge in [0.25, 0.3) is 5.91 Å². The van der Waals surface area contributed by atoms with Gasteiger partial charge in [-0.15, -0.1) is 0 Å². The lowest BCUT2D eigenvalue weighted by Crippen LogP contribution is -2.67. The molecule has 2 saturated heterocycles. The summed E-state index contributed by atoms with van der Waals surface area (Å²) < 4.78 is 56.2. The van der Waals surface area contributed by atoms with Gasteiger partial charge in [-0.1, -0.05) is 17.8 Å². The average molecular weight is 866 g/mol. The summed E-state index contributed by atoms with van der Waals surface area (Å²) in [4.78, 5) is 123. The van der Waals surface area contributed by atoms with E-state index in [9.17, 15) is 43.2 Å². The van der Waals surface area contributed by atoms with Crippen LogP contribution in [0, 0.1) is 0 Å². The minimum Gasteiger partial charge on any atom is -0.463 e. The van der Waals surface area contributed by atoms with Gasteiger partial charge in [0.15, 0.2) is 53.5 Å². The quantitative estimate of drug-likeness (QED) is 0.148. The molecule has 4 heterocycles. The Labute approximate surface area is 346 Å². The van der Waals surface area contributed by atoms with Crippen molar-refractivity contribution in [3.05, 3.63) is 35.8 Å². The highest BCUT2D eigenvalue weighted by atomic mass is 32.2. The summed E-state index contributed by atoms with van der Waals surface area (Å²) in [6, 6.07) is 4.81. The number of aliphatic imine (C=N–C) groups is 1. The van der Waals surface area contributed by atoms with E-state index in [1.54, 1.807) is 18.2 Å². The van der Waals surface area contributed by atoms with Crippen LogP contribution in [-0.4, -0.2) is 142 Å². The minimum atomic E-state index is -1.83. The topological polar surface area (TPSA) is 274 Å². The largest absolute Gasteiger partial charge is 0.463 e. The number of rotatable bonds is 13. The summed E-state index contributed by atoms with van der Waals surface area (Å²) >= 11 is 0.578. The van der Waals surface area contributed by atoms with Gasteiger partial charge in [0, 0.05) is 61.6 Å². The zero-order valence-corrected chi connectivity index (χ0v) is 34.4. The van der Waals surface area contributed by atoms with E-state index in [-0.39, 0.29) is 16.6 Å². The van der Waals surface area contributed by atoms with E-state index in [1.165, 1.54) is 12.3 Å². The number of hydrogen-bond acceptors (Lipinski definition) is 22. The molecule has 60 heavy (non-hydrogen) atoms. The second kappa shape index (κ2) is 20.8. The Hall–Kier alpha value is -5.94. The van der Waals surface area contributed by atoms with E-state index < -0.39 is 127 Å². The van der Waals surface area contributed by atoms with E-state index >= 15 is 0 Å². The molecule has 22 nitrogen and oxygen atoms in total. The maximum absolute atomic E-state index is 14.6. The number of amides is 1. The third-order valence-electron chi connectivity index (χ3n) is 8.22. The molecule has 1 amide bonds. The van der Waals surface area contributed by atoms with Crippen molar-refractivity contribution in [1.82, 2.24) is 9.88 Å². The van der Waals surface area contributed by atoms with Crippen LogP contribution in [0.15, 0.2) is 35.1 Å². The first-order chi connectivity index (χ1) is 28.2. The monoisotopic (exact) mass is 865 g/mol. The van der Waals surface area contributed by atoms with Gasteiger partial charge in [-0.05, 0) is 18.2 Å². The number of amidine groups is 1. The molecule has 0 N–H and O–H groups in total. The number of pyridine rings is 1. The smallest absolute Gasteiger partial charge is 0.303 e. The Balaban J connectivity index is 1.94. The number of nitrogens with zero attached hydrogens (tertiary/aromatic N) is 3. The van der Waals surface area contributed by atoms with Gasteiger partial charge in [0.05, 0.1) is 5.69 Å². The van der Waals surface area contributed by atoms with Crippen LogP contribution in [0.5, 0.6) is 0 Å². The van der Waals surface area contributed by atoms with Gasteiger partial charge in [0.1, 0.15) is 31.1 Å². The van der Waals surface area contributed by atoms with E-state index in [0.717, 1.165) is 60.3 Å². The molecule has 4 rings (SSSR count). The summed E-state index contributed by atoms with van der Waals surface area (Å²) in [6.07, 6.45) is -11.8. The molecule has 3 aliphatic rings. The molecule has 2 fully saturated rings. The van der Waals surface area contributed by atoms with Crippen molar-refractivity contribution < 1.29 is 90.5 Å². The molecule has 0 radical (unpaired) electrons. The molecule has 326 valence electrons. The number of thioether (sulfide) groups is 1. The predicted octanol–water partition coefficient (Wildman–Crippen LogP) is 0.520. The van der Waals surface area contributed by atoms with Gasteiger partial charge < -0.3 is 47.4 Å². The first-order valence-corrected chi connectivity index (χ1v) is 19.0. The molecule has 0 saturated carbocycles. The third-order valence-corrected chi connectivity index (χ3v) is 9.33. The van der Waals surface area contributed by atoms with Crippen LogP contribution in [0.3, 0.4) is 0 Å². The van der Waals surface area contributed by atoms with E-state index in [1.807, 2.05) is 0 Å². The number of aromatic nitrogens is 1. The van der Waals surface area contributed by atoms with Crippen molar-refractivity contribution in [2.45, 2.75) is 116 Å². The standard InChI is InChI=1S/C37H43N3O19S/c1-16(41)50-14-26-28(52-18(3)43)30(54-20(5)45)32(56-22(7)47)35(58-26)40-34(49)25(13-24-11-9-10-12-38-24)39-37(40)60-36-33(57-23(8)48)31(55-21(6)46)29(53-19(4)44)27(59-36)15-51-17(2)42/h9-13,26-33,35-36H,14-15H2,1-8H3/b25-13-/t26-,27-,28-,29-,30+,31+,32-,33-,35-,36+/m1/s1. The Kier molecular flexibility index (Phi) is 16.2. The second-order valence-electron chi connectivity index (χ2n) is 13.1. The molecule has 1 aromatic heterocycles. The fourth-order valence-corrected chi connectivity index (χ4v) is 7.42. The average Bonchev–Trinajstić information content (AvgIpc) is 3.43. The molecular formula is C37H43N3O19S. The van der Waals surface area contributed by atoms with Crippen molar-refractivity contribution in [3.63, 3.8) is 0 Å². The minimum absolute atomic E-state index is 0.254. The van der Waals surface area contributed by atoms with Crippen LogP contribution < -0.4 is 0 Å². The number of ether oxygens (including phenoxy) is 10. The van der Waals surface area contributed by atoms with E-state index in [0.29, 0.717) is 11.8 Å². The number of hydrogen-bond donors (Lipinski definition) is 0. The molecule has 0 aromatic carbocycles. The van der Waals surface area contributed by atoms with Crippen LogP contribution in [0.25, 0.3) is 6.08 Å². The summed E-state index contributed by atoms with van der Waals surface area (Å²) in [5, 5.41) is -0.330. The summed E-state index contributed by atoms with van der Waals surface area (Å²) in [5.74, 6) is -7.98. The summed E-state index contributed by atoms with van der Waals surface area (Å²) in [7, 11) is 0. The summed E-state index contributed by atoms with van der Waals surface area (Å²) in [5.41, 5.74) is -1.58. The lowest BCUT2D eigenvalue weighted by atomic mass is 9.96. The van der Waals surface area contributed by atoms with Crippen LogP contribution >= 0.6 is 11.8 Å². The maximum Gasteiger partial charge on any atom is 0.303 e. The second-order valence-corrected chi connectivity index (χ2v) is 14.2. The lowest BCUT2D eigenvalue weighted by Gasteiger charge is -2.47. The molecule has 0 bridgehead atoms. The van der Waals surface area contributed by atoms with Gasteiger partial charge in [-0.25, -0.2) is 4.99 Å². The first kappa shape index (κ1) is 46.7. The first-order valence-electron chi connectivity index (χ1n) is 18.1. The molecule has 1 aromatic rings. The van der Waals surface area contributed by atoms with Crippen molar-refractivity contribution in [1.29, 1.82) is 0 Å². The van der Waals surface area contributed by atoms with Crippen LogP contribution in [0.4, 0.5) is 0 Å². The van der Waals surface area contributed by atoms with Crippen LogP contribution in [0.2, 0.25) is 0 Å². The van der Waals surface area contributed by atoms with Crippen LogP contribution in [0.1, 0.15) is 61.1 Å². The fraction of sp³-hybridized carbons (Fsp3) is 0.541. The van der Waals surface area contributed by atoms with Crippen molar-refractivity contribution in [2.75, 3.05) is 13.2 Å². The molecule has 10 atom stereocenters. The molecule has 3 aliphatic heterocycles. The molecule has 23 heteroatoms. The Bertz CT molecular complexity index is 1910. The molecule has 0 aliphatic carbocycles. The summed E-state index contributed by atoms with van der Waals surface area (Å²) in [6.45, 7) is 7.16. The highest BCUT2D eigenvalue weighted by Crippen LogP contribution is 2.40. The number of esters is 8. The van der Waals surface area contributed by atoms with Crippen molar-refractivity contribution in [3.8, 4) is 0 Å². The van der Waals surface area contributed by atoms with Crippen LogP contribution in [-0.2, 0) is 90.5 Å². The SMILES string of the molecule is CC(=O)OC[C@H]1O[C@@H](N2C(=O)/C(=C/c3ccccn3)N=C2S[C@@H]2O[C@H](COC(C)=O)[C@@H](OC(C)=O)[C@H](OC(C)=O)[C@H]2OC(C)=O)[C@H](OC(C)=O)[C@@H](OC(C)=O)[C@@H]1OC(C)=O. The lowest BCUT2D eigenvalue weighted by molar-refractivity contribution is -0.268. The molecule has 0 spiro atoms.